The average Bonchev–Trinajstić information content (AvgIpc) is 2.45. The van der Waals surface area contributed by atoms with Crippen molar-refractivity contribution in [2.45, 2.75) is 25.8 Å². The fourth-order valence-electron chi connectivity index (χ4n) is 1.80. The van der Waals surface area contributed by atoms with Gasteiger partial charge < -0.3 is 10.7 Å². The van der Waals surface area contributed by atoms with Crippen molar-refractivity contribution in [2.24, 2.45) is 5.73 Å². The van der Waals surface area contributed by atoms with Gasteiger partial charge >= 0.3 is 0 Å². The number of nitrogens with two attached hydrogens (primary N) is 1. The van der Waals surface area contributed by atoms with Gasteiger partial charge in [0.15, 0.2) is 0 Å². The molecule has 2 nitrogen and oxygen atoms in total. The Bertz CT molecular complexity index is 480. The molecule has 15 heavy (non-hydrogen) atoms. The summed E-state index contributed by atoms with van der Waals surface area (Å²) in [5.41, 5.74) is 8.30. The van der Waals surface area contributed by atoms with Gasteiger partial charge in [-0.2, -0.15) is 0 Å². The highest BCUT2D eigenvalue weighted by atomic mass is 79.9. The van der Waals surface area contributed by atoms with E-state index < -0.39 is 0 Å². The molecule has 0 aliphatic rings. The van der Waals surface area contributed by atoms with Gasteiger partial charge in [0.1, 0.15) is 0 Å². The molecule has 1 heterocycles. The molecule has 3 N–H and O–H groups in total. The lowest BCUT2D eigenvalue weighted by Gasteiger charge is -2.17. The maximum absolute atomic E-state index is 6.02. The number of nitrogens with one attached hydrogen (secondary N) is 1. The Morgan fingerprint density at radius 3 is 2.80 bits per heavy atom. The maximum Gasteiger partial charge on any atom is 0.0468 e. The Balaban J connectivity index is 2.45. The summed E-state index contributed by atoms with van der Waals surface area (Å²) in [7, 11) is 0. The number of fused-ring (bicyclic) bond motifs is 1. The van der Waals surface area contributed by atoms with Gasteiger partial charge in [-0.15, -0.1) is 0 Å². The van der Waals surface area contributed by atoms with Gasteiger partial charge in [0.2, 0.25) is 0 Å². The van der Waals surface area contributed by atoms with Gasteiger partial charge in [0.25, 0.3) is 0 Å². The fourth-order valence-corrected chi connectivity index (χ4v) is 2.16. The summed E-state index contributed by atoms with van der Waals surface area (Å²) in [6.07, 6.45) is 2.93. The van der Waals surface area contributed by atoms with Crippen LogP contribution in [0, 0.1) is 0 Å². The SMILES string of the molecule is CC(C)(N)Cc1c[nH]c2cc(Br)ccc12. The molecule has 0 bridgehead atoms. The van der Waals surface area contributed by atoms with Crippen LogP contribution in [0.5, 0.6) is 0 Å². The zero-order valence-corrected chi connectivity index (χ0v) is 10.6. The average molecular weight is 267 g/mol. The standard InChI is InChI=1S/C12H15BrN2/c1-12(2,14)6-8-7-15-11-5-9(13)3-4-10(8)11/h3-5,7,15H,6,14H2,1-2H3. The van der Waals surface area contributed by atoms with Gasteiger partial charge in [-0.25, -0.2) is 0 Å². The molecule has 0 aliphatic heterocycles. The van der Waals surface area contributed by atoms with Crippen molar-refractivity contribution >= 4 is 26.8 Å². The molecule has 0 spiro atoms. The third-order valence-corrected chi connectivity index (χ3v) is 2.87. The van der Waals surface area contributed by atoms with Crippen LogP contribution in [0.15, 0.2) is 28.9 Å². The number of rotatable bonds is 2. The Kier molecular flexibility index (Phi) is 2.61. The van der Waals surface area contributed by atoms with Crippen molar-refractivity contribution in [3.05, 3.63) is 34.4 Å². The van der Waals surface area contributed by atoms with E-state index >= 15 is 0 Å². The number of hydrogen-bond donors (Lipinski definition) is 2. The molecule has 80 valence electrons. The molecule has 3 heteroatoms. The maximum atomic E-state index is 6.02. The Hall–Kier alpha value is -0.800. The topological polar surface area (TPSA) is 41.8 Å². The lowest BCUT2D eigenvalue weighted by Crippen LogP contribution is -2.34. The highest BCUT2D eigenvalue weighted by Crippen LogP contribution is 2.24. The minimum atomic E-state index is -0.164. The lowest BCUT2D eigenvalue weighted by atomic mass is 9.96. The van der Waals surface area contributed by atoms with Crippen molar-refractivity contribution in [3.63, 3.8) is 0 Å². The van der Waals surface area contributed by atoms with E-state index in [-0.39, 0.29) is 5.54 Å². The molecule has 2 rings (SSSR count). The second-order valence-electron chi connectivity index (χ2n) is 4.67. The molecule has 0 aliphatic carbocycles. The molecule has 0 radical (unpaired) electrons. The van der Waals surface area contributed by atoms with Crippen molar-refractivity contribution in [2.75, 3.05) is 0 Å². The van der Waals surface area contributed by atoms with Crippen LogP contribution in [0.4, 0.5) is 0 Å². The number of aromatic amines is 1. The molecule has 0 unspecified atom stereocenters. The quantitative estimate of drug-likeness (QED) is 0.861. The van der Waals surface area contributed by atoms with Crippen LogP contribution < -0.4 is 5.73 Å². The lowest BCUT2D eigenvalue weighted by molar-refractivity contribution is 0.518. The number of benzene rings is 1. The highest BCUT2D eigenvalue weighted by molar-refractivity contribution is 9.10. The predicted octanol–water partition coefficient (Wildman–Crippen LogP) is 3.21. The molecule has 0 saturated carbocycles. The summed E-state index contributed by atoms with van der Waals surface area (Å²) in [5, 5.41) is 1.26. The van der Waals surface area contributed by atoms with Crippen LogP contribution in [0.1, 0.15) is 19.4 Å². The van der Waals surface area contributed by atoms with Gasteiger partial charge in [-0.1, -0.05) is 22.0 Å². The third kappa shape index (κ3) is 2.41. The van der Waals surface area contributed by atoms with E-state index in [1.54, 1.807) is 0 Å². The predicted molar refractivity (Wildman–Crippen MR) is 68.0 cm³/mol. The highest BCUT2D eigenvalue weighted by Gasteiger charge is 2.14. The number of halogens is 1. The molecular formula is C12H15BrN2. The summed E-state index contributed by atoms with van der Waals surface area (Å²) in [6.45, 7) is 4.09. The van der Waals surface area contributed by atoms with E-state index in [0.717, 1.165) is 16.4 Å². The second kappa shape index (κ2) is 3.65. The molecule has 0 saturated heterocycles. The first kappa shape index (κ1) is 10.7. The van der Waals surface area contributed by atoms with Crippen LogP contribution in [-0.2, 0) is 6.42 Å². The third-order valence-electron chi connectivity index (χ3n) is 2.38. The van der Waals surface area contributed by atoms with E-state index in [2.05, 4.69) is 39.1 Å². The van der Waals surface area contributed by atoms with Crippen LogP contribution in [-0.4, -0.2) is 10.5 Å². The fraction of sp³-hybridized carbons (Fsp3) is 0.333. The summed E-state index contributed by atoms with van der Waals surface area (Å²) in [5.74, 6) is 0. The molecular weight excluding hydrogens is 252 g/mol. The summed E-state index contributed by atoms with van der Waals surface area (Å²) >= 11 is 3.46. The van der Waals surface area contributed by atoms with E-state index in [4.69, 9.17) is 5.73 Å². The van der Waals surface area contributed by atoms with Crippen LogP contribution in [0.2, 0.25) is 0 Å². The second-order valence-corrected chi connectivity index (χ2v) is 5.58. The van der Waals surface area contributed by atoms with Crippen molar-refractivity contribution in [1.82, 2.24) is 4.98 Å². The molecule has 0 amide bonds. The zero-order chi connectivity index (χ0) is 11.1. The Morgan fingerprint density at radius 1 is 1.40 bits per heavy atom. The molecule has 0 fully saturated rings. The minimum absolute atomic E-state index is 0.164. The van der Waals surface area contributed by atoms with E-state index in [0.29, 0.717) is 0 Å². The zero-order valence-electron chi connectivity index (χ0n) is 8.97. The first-order valence-corrected chi connectivity index (χ1v) is 5.79. The summed E-state index contributed by atoms with van der Waals surface area (Å²) in [4.78, 5) is 3.27. The first-order chi connectivity index (χ1) is 6.96. The van der Waals surface area contributed by atoms with E-state index in [9.17, 15) is 0 Å². The van der Waals surface area contributed by atoms with Crippen molar-refractivity contribution in [3.8, 4) is 0 Å². The molecule has 2 aromatic rings. The van der Waals surface area contributed by atoms with Gasteiger partial charge in [0, 0.05) is 27.1 Å². The van der Waals surface area contributed by atoms with E-state index in [1.165, 1.54) is 10.9 Å². The minimum Gasteiger partial charge on any atom is -0.361 e. The number of H-pyrrole nitrogens is 1. The summed E-state index contributed by atoms with van der Waals surface area (Å²) in [6, 6.07) is 6.27. The van der Waals surface area contributed by atoms with Gasteiger partial charge in [-0.05, 0) is 38.0 Å². The van der Waals surface area contributed by atoms with E-state index in [1.807, 2.05) is 20.0 Å². The molecule has 0 atom stereocenters. The van der Waals surface area contributed by atoms with Crippen molar-refractivity contribution < 1.29 is 0 Å². The summed E-state index contributed by atoms with van der Waals surface area (Å²) < 4.78 is 1.09. The van der Waals surface area contributed by atoms with Crippen LogP contribution >= 0.6 is 15.9 Å². The smallest absolute Gasteiger partial charge is 0.0468 e. The molecule has 1 aromatic carbocycles. The normalized spacial score (nSPS) is 12.3. The van der Waals surface area contributed by atoms with Crippen LogP contribution in [0.25, 0.3) is 10.9 Å². The number of aromatic nitrogens is 1. The largest absolute Gasteiger partial charge is 0.361 e. The Morgan fingerprint density at radius 2 is 2.13 bits per heavy atom. The first-order valence-electron chi connectivity index (χ1n) is 5.00. The molecule has 1 aromatic heterocycles. The van der Waals surface area contributed by atoms with Gasteiger partial charge in [-0.3, -0.25) is 0 Å². The number of hydrogen-bond acceptors (Lipinski definition) is 1. The monoisotopic (exact) mass is 266 g/mol. The van der Waals surface area contributed by atoms with Crippen molar-refractivity contribution in [1.29, 1.82) is 0 Å². The van der Waals surface area contributed by atoms with Gasteiger partial charge in [0.05, 0.1) is 0 Å². The van der Waals surface area contributed by atoms with Crippen LogP contribution in [0.3, 0.4) is 0 Å². The Labute approximate surface area is 98.0 Å².